The Morgan fingerprint density at radius 2 is 1.89 bits per heavy atom. The molecule has 0 spiro atoms. The Kier molecular flexibility index (Phi) is 9.01. The van der Waals surface area contributed by atoms with Crippen LogP contribution in [-0.2, 0) is 0 Å². The van der Waals surface area contributed by atoms with Crippen LogP contribution in [0.15, 0.2) is 0 Å². The molecular weight excluding hydrogens is 235 g/mol. The molecular formula is C5H12S3Se. The molecule has 0 fully saturated rings. The van der Waals surface area contributed by atoms with Crippen molar-refractivity contribution in [2.24, 2.45) is 0 Å². The van der Waals surface area contributed by atoms with Crippen LogP contribution in [0.5, 0.6) is 0 Å². The van der Waals surface area contributed by atoms with Crippen molar-refractivity contribution in [3.05, 3.63) is 0 Å². The van der Waals surface area contributed by atoms with E-state index in [-0.39, 0.29) is 0 Å². The van der Waals surface area contributed by atoms with Crippen molar-refractivity contribution in [1.29, 1.82) is 0 Å². The third kappa shape index (κ3) is 7.47. The maximum atomic E-state index is 4.39. The van der Waals surface area contributed by atoms with E-state index in [0.717, 1.165) is 17.9 Å². The first-order chi connectivity index (χ1) is 4.31. The Labute approximate surface area is 79.9 Å². The zero-order valence-electron chi connectivity index (χ0n) is 5.16. The van der Waals surface area contributed by atoms with Crippen LogP contribution in [0.3, 0.4) is 0 Å². The fourth-order valence-electron chi connectivity index (χ4n) is 0.383. The molecule has 0 nitrogen and oxygen atoms in total. The van der Waals surface area contributed by atoms with E-state index in [2.05, 4.69) is 37.9 Å². The molecule has 0 aromatic heterocycles. The fraction of sp³-hybridized carbons (Fsp3) is 1.00. The van der Waals surface area contributed by atoms with Crippen LogP contribution >= 0.6 is 37.9 Å². The molecule has 0 saturated heterocycles. The van der Waals surface area contributed by atoms with Crippen LogP contribution in [0.25, 0.3) is 0 Å². The van der Waals surface area contributed by atoms with Gasteiger partial charge in [-0.25, -0.2) is 0 Å². The van der Waals surface area contributed by atoms with Gasteiger partial charge in [-0.05, 0) is 0 Å². The quantitative estimate of drug-likeness (QED) is 0.477. The molecule has 0 aliphatic carbocycles. The molecule has 0 bridgehead atoms. The summed E-state index contributed by atoms with van der Waals surface area (Å²) < 4.78 is 0.599. The Morgan fingerprint density at radius 3 is 2.33 bits per heavy atom. The Morgan fingerprint density at radius 1 is 1.22 bits per heavy atom. The number of hydrogen-bond acceptors (Lipinski definition) is 3. The minimum atomic E-state index is 0.599. The van der Waals surface area contributed by atoms with Gasteiger partial charge in [-0.3, -0.25) is 0 Å². The summed E-state index contributed by atoms with van der Waals surface area (Å²) >= 11 is 13.3. The molecule has 4 heteroatoms. The molecule has 1 atom stereocenters. The Hall–Kier alpha value is 1.57. The normalized spacial score (nSPS) is 13.7. The van der Waals surface area contributed by atoms with Crippen LogP contribution in [-0.4, -0.2) is 30.6 Å². The zero-order valence-corrected chi connectivity index (χ0v) is 9.55. The van der Waals surface area contributed by atoms with Crippen molar-refractivity contribution >= 4 is 52.8 Å². The van der Waals surface area contributed by atoms with Crippen LogP contribution < -0.4 is 0 Å². The summed E-state index contributed by atoms with van der Waals surface area (Å²) in [5.41, 5.74) is 0. The van der Waals surface area contributed by atoms with Crippen molar-refractivity contribution in [2.45, 2.75) is 15.9 Å². The van der Waals surface area contributed by atoms with Gasteiger partial charge in [0.15, 0.2) is 0 Å². The summed E-state index contributed by atoms with van der Waals surface area (Å²) in [6.45, 7) is 0. The first-order valence-corrected chi connectivity index (χ1v) is 6.80. The van der Waals surface area contributed by atoms with Gasteiger partial charge in [0.1, 0.15) is 0 Å². The zero-order chi connectivity index (χ0) is 7.11. The van der Waals surface area contributed by atoms with Crippen molar-refractivity contribution in [2.75, 3.05) is 11.5 Å². The van der Waals surface area contributed by atoms with E-state index in [9.17, 15) is 0 Å². The van der Waals surface area contributed by atoms with Gasteiger partial charge in [-0.2, -0.15) is 0 Å². The summed E-state index contributed by atoms with van der Waals surface area (Å²) in [7, 11) is 0. The molecule has 0 aromatic carbocycles. The first kappa shape index (κ1) is 10.6. The predicted octanol–water partition coefficient (Wildman–Crippen LogP) is 1.61. The molecule has 0 amide bonds. The molecule has 1 unspecified atom stereocenters. The molecule has 0 heterocycles. The van der Waals surface area contributed by atoms with E-state index < -0.39 is 0 Å². The molecule has 0 aromatic rings. The van der Waals surface area contributed by atoms with E-state index in [0.29, 0.717) is 19.1 Å². The van der Waals surface area contributed by atoms with Crippen molar-refractivity contribution in [3.63, 3.8) is 0 Å². The Bertz CT molecular complexity index is 60.2. The van der Waals surface area contributed by atoms with E-state index >= 15 is 0 Å². The van der Waals surface area contributed by atoms with Gasteiger partial charge < -0.3 is 0 Å². The molecule has 56 valence electrons. The summed E-state index contributed by atoms with van der Waals surface area (Å²) in [4.78, 5) is 0. The van der Waals surface area contributed by atoms with Gasteiger partial charge >= 0.3 is 80.2 Å². The molecule has 0 aliphatic heterocycles. The van der Waals surface area contributed by atoms with E-state index in [4.69, 9.17) is 0 Å². The molecule has 0 N–H and O–H groups in total. The standard InChI is InChI=1S/C5H12S3Se/c6-2-1-5(8)9-4-3-7/h5-8H,1-4H2. The number of hydrogen-bond donors (Lipinski definition) is 3. The number of rotatable bonds is 5. The molecule has 0 aliphatic rings. The third-order valence-corrected chi connectivity index (χ3v) is 5.20. The number of thiol groups is 3. The van der Waals surface area contributed by atoms with Crippen molar-refractivity contribution in [1.82, 2.24) is 0 Å². The van der Waals surface area contributed by atoms with Crippen LogP contribution in [0.1, 0.15) is 6.42 Å². The third-order valence-electron chi connectivity index (χ3n) is 0.778. The maximum absolute atomic E-state index is 4.39. The topological polar surface area (TPSA) is 0 Å². The van der Waals surface area contributed by atoms with Gasteiger partial charge in [0.2, 0.25) is 0 Å². The summed E-state index contributed by atoms with van der Waals surface area (Å²) in [6.07, 6.45) is 1.14. The average molecular weight is 247 g/mol. The van der Waals surface area contributed by atoms with Gasteiger partial charge in [0, 0.05) is 0 Å². The second-order valence-electron chi connectivity index (χ2n) is 1.56. The summed E-state index contributed by atoms with van der Waals surface area (Å²) in [5.74, 6) is 1.96. The van der Waals surface area contributed by atoms with E-state index in [1.165, 1.54) is 5.32 Å². The van der Waals surface area contributed by atoms with Crippen LogP contribution in [0, 0.1) is 0 Å². The van der Waals surface area contributed by atoms with Gasteiger partial charge in [-0.1, -0.05) is 0 Å². The van der Waals surface area contributed by atoms with Crippen molar-refractivity contribution < 1.29 is 0 Å². The van der Waals surface area contributed by atoms with Gasteiger partial charge in [0.05, 0.1) is 0 Å². The SMILES string of the molecule is SCC[Se]C(S)CCS. The molecule has 0 rings (SSSR count). The van der Waals surface area contributed by atoms with Crippen molar-refractivity contribution in [3.8, 4) is 0 Å². The predicted molar refractivity (Wildman–Crippen MR) is 55.7 cm³/mol. The van der Waals surface area contributed by atoms with Gasteiger partial charge in [-0.15, -0.1) is 0 Å². The molecule has 0 radical (unpaired) electrons. The minimum absolute atomic E-state index is 0.599. The average Bonchev–Trinajstić information content (AvgIpc) is 1.85. The monoisotopic (exact) mass is 248 g/mol. The van der Waals surface area contributed by atoms with E-state index in [1.807, 2.05) is 0 Å². The van der Waals surface area contributed by atoms with Gasteiger partial charge in [0.25, 0.3) is 0 Å². The summed E-state index contributed by atoms with van der Waals surface area (Å²) in [5, 5.41) is 1.23. The summed E-state index contributed by atoms with van der Waals surface area (Å²) in [6, 6.07) is 0. The molecule has 9 heavy (non-hydrogen) atoms. The van der Waals surface area contributed by atoms with E-state index in [1.54, 1.807) is 0 Å². The first-order valence-electron chi connectivity index (χ1n) is 2.82. The van der Waals surface area contributed by atoms with Crippen LogP contribution in [0.4, 0.5) is 0 Å². The fourth-order valence-corrected chi connectivity index (χ4v) is 3.85. The second kappa shape index (κ2) is 7.67. The molecule has 0 saturated carbocycles. The second-order valence-corrected chi connectivity index (χ2v) is 6.61. The van der Waals surface area contributed by atoms with Crippen LogP contribution in [0.2, 0.25) is 5.32 Å². The Balaban J connectivity index is 2.95.